The molecule has 2 N–H and O–H groups in total. The van der Waals surface area contributed by atoms with Crippen LogP contribution in [-0.2, 0) is 18.4 Å². The lowest BCUT2D eigenvalue weighted by Gasteiger charge is -2.10. The number of carbonyl (C=O) groups excluding carboxylic acids is 2. The van der Waals surface area contributed by atoms with E-state index in [0.717, 1.165) is 4.68 Å². The molecule has 0 aliphatic heterocycles. The number of nitrogens with one attached hydrogen (secondary N) is 2. The molecule has 0 aliphatic rings. The first-order chi connectivity index (χ1) is 13.5. The molecule has 29 heavy (non-hydrogen) atoms. The van der Waals surface area contributed by atoms with Gasteiger partial charge in [0, 0.05) is 13.6 Å². The van der Waals surface area contributed by atoms with Gasteiger partial charge in [-0.3, -0.25) is 29.1 Å². The van der Waals surface area contributed by atoms with Gasteiger partial charge in [-0.15, -0.1) is 0 Å². The summed E-state index contributed by atoms with van der Waals surface area (Å²) in [5.74, 6) is -0.940. The van der Waals surface area contributed by atoms with Crippen molar-refractivity contribution in [1.82, 2.24) is 24.9 Å². The third kappa shape index (κ3) is 4.92. The van der Waals surface area contributed by atoms with Crippen LogP contribution < -0.4 is 10.6 Å². The third-order valence-electron chi connectivity index (χ3n) is 3.98. The number of halogens is 2. The molecule has 0 unspecified atom stereocenters. The van der Waals surface area contributed by atoms with Crippen molar-refractivity contribution in [2.45, 2.75) is 33.7 Å². The number of nitro groups is 1. The number of aromatic nitrogens is 4. The predicted molar refractivity (Wildman–Crippen MR) is 97.6 cm³/mol. The Labute approximate surface area is 164 Å². The van der Waals surface area contributed by atoms with E-state index in [-0.39, 0.29) is 23.0 Å². The Hall–Kier alpha value is -3.38. The molecule has 13 heteroatoms. The molecule has 0 saturated heterocycles. The van der Waals surface area contributed by atoms with Crippen molar-refractivity contribution in [1.29, 1.82) is 0 Å². The molecule has 0 saturated carbocycles. The second kappa shape index (κ2) is 8.75. The van der Waals surface area contributed by atoms with Crippen molar-refractivity contribution in [2.24, 2.45) is 13.0 Å². The maximum absolute atomic E-state index is 13.0. The van der Waals surface area contributed by atoms with Crippen LogP contribution in [0.5, 0.6) is 0 Å². The highest BCUT2D eigenvalue weighted by atomic mass is 19.3. The van der Waals surface area contributed by atoms with Gasteiger partial charge >= 0.3 is 5.69 Å². The van der Waals surface area contributed by atoms with Gasteiger partial charge in [-0.25, -0.2) is 8.78 Å². The maximum atomic E-state index is 13.0. The number of aryl methyl sites for hydroxylation is 1. The Morgan fingerprint density at radius 3 is 2.52 bits per heavy atom. The van der Waals surface area contributed by atoms with Gasteiger partial charge in [-0.2, -0.15) is 10.2 Å². The fourth-order valence-corrected chi connectivity index (χ4v) is 2.59. The van der Waals surface area contributed by atoms with Gasteiger partial charge in [-0.05, 0) is 12.8 Å². The van der Waals surface area contributed by atoms with Gasteiger partial charge < -0.3 is 10.6 Å². The maximum Gasteiger partial charge on any atom is 0.319 e. The number of anilines is 1. The molecule has 11 nitrogen and oxygen atoms in total. The van der Waals surface area contributed by atoms with Crippen LogP contribution in [0.15, 0.2) is 6.20 Å². The van der Waals surface area contributed by atoms with E-state index in [1.54, 1.807) is 0 Å². The summed E-state index contributed by atoms with van der Waals surface area (Å²) in [6, 6.07) is 0. The smallest absolute Gasteiger partial charge is 0.319 e. The van der Waals surface area contributed by atoms with E-state index in [0.29, 0.717) is 6.54 Å². The molecule has 2 amide bonds. The lowest BCUT2D eigenvalue weighted by atomic mass is 10.2. The summed E-state index contributed by atoms with van der Waals surface area (Å²) in [4.78, 5) is 34.8. The van der Waals surface area contributed by atoms with Crippen LogP contribution in [0.25, 0.3) is 0 Å². The van der Waals surface area contributed by atoms with Gasteiger partial charge in [-0.1, -0.05) is 13.8 Å². The normalized spacial score (nSPS) is 11.2. The minimum absolute atomic E-state index is 0.107. The molecule has 0 aliphatic carbocycles. The minimum Gasteiger partial charge on any atom is -0.350 e. The zero-order valence-corrected chi connectivity index (χ0v) is 16.3. The Bertz CT molecular complexity index is 936. The number of hydrogen-bond acceptors (Lipinski definition) is 6. The second-order valence-electron chi connectivity index (χ2n) is 6.72. The van der Waals surface area contributed by atoms with Crippen LogP contribution >= 0.6 is 0 Å². The summed E-state index contributed by atoms with van der Waals surface area (Å²) in [5, 5.41) is 23.6. The summed E-state index contributed by atoms with van der Waals surface area (Å²) < 4.78 is 28.1. The number of rotatable bonds is 8. The van der Waals surface area contributed by atoms with Gasteiger partial charge in [0.25, 0.3) is 12.3 Å². The molecule has 158 valence electrons. The van der Waals surface area contributed by atoms with E-state index in [1.807, 2.05) is 13.8 Å². The molecule has 2 aromatic rings. The molecule has 0 spiro atoms. The lowest BCUT2D eigenvalue weighted by molar-refractivity contribution is -0.386. The number of alkyl halides is 2. The molecule has 2 heterocycles. The summed E-state index contributed by atoms with van der Waals surface area (Å²) in [6.07, 6.45) is -1.89. The van der Waals surface area contributed by atoms with Crippen LogP contribution in [0.4, 0.5) is 20.2 Å². The lowest BCUT2D eigenvalue weighted by Crippen LogP contribution is -2.30. The summed E-state index contributed by atoms with van der Waals surface area (Å²) in [6.45, 7) is 4.93. The van der Waals surface area contributed by atoms with Gasteiger partial charge in [0.2, 0.25) is 11.6 Å². The molecule has 0 bridgehead atoms. The molecular formula is C16H21F2N7O4. The Morgan fingerprint density at radius 1 is 1.34 bits per heavy atom. The first-order valence-corrected chi connectivity index (χ1v) is 8.62. The topological polar surface area (TPSA) is 137 Å². The molecule has 2 rings (SSSR count). The molecule has 0 fully saturated rings. The van der Waals surface area contributed by atoms with Crippen LogP contribution in [0.3, 0.4) is 0 Å². The third-order valence-corrected chi connectivity index (χ3v) is 3.98. The average molecular weight is 413 g/mol. The van der Waals surface area contributed by atoms with Crippen molar-refractivity contribution in [2.75, 3.05) is 11.9 Å². The Balaban J connectivity index is 2.20. The molecular weight excluding hydrogens is 392 g/mol. The van der Waals surface area contributed by atoms with Gasteiger partial charge in [0.05, 0.1) is 16.8 Å². The van der Waals surface area contributed by atoms with Crippen LogP contribution in [-0.4, -0.2) is 42.8 Å². The zero-order valence-electron chi connectivity index (χ0n) is 16.3. The SMILES string of the molecule is Cc1c([N+](=O)[O-])c(C(F)F)nn1CC(=O)Nc1cnn(C)c1C(=O)NCC(C)C. The fraction of sp³-hybridized carbons (Fsp3) is 0.500. The van der Waals surface area contributed by atoms with Crippen molar-refractivity contribution < 1.29 is 23.3 Å². The average Bonchev–Trinajstić information content (AvgIpc) is 3.13. The highest BCUT2D eigenvalue weighted by molar-refractivity contribution is 6.02. The van der Waals surface area contributed by atoms with Crippen molar-refractivity contribution >= 4 is 23.2 Å². The fourth-order valence-electron chi connectivity index (χ4n) is 2.59. The highest BCUT2D eigenvalue weighted by Crippen LogP contribution is 2.30. The number of nitrogens with zero attached hydrogens (tertiary/aromatic N) is 5. The zero-order chi connectivity index (χ0) is 21.9. The quantitative estimate of drug-likeness (QED) is 0.500. The first-order valence-electron chi connectivity index (χ1n) is 8.62. The van der Waals surface area contributed by atoms with E-state index in [2.05, 4.69) is 20.8 Å². The largest absolute Gasteiger partial charge is 0.350 e. The summed E-state index contributed by atoms with van der Waals surface area (Å²) >= 11 is 0. The molecule has 2 aromatic heterocycles. The van der Waals surface area contributed by atoms with Gasteiger partial charge in [0.15, 0.2) is 0 Å². The van der Waals surface area contributed by atoms with Crippen LogP contribution in [0.1, 0.15) is 42.1 Å². The van der Waals surface area contributed by atoms with Crippen molar-refractivity contribution in [3.8, 4) is 0 Å². The summed E-state index contributed by atoms with van der Waals surface area (Å²) in [5.41, 5.74) is -1.79. The van der Waals surface area contributed by atoms with E-state index in [4.69, 9.17) is 0 Å². The Morgan fingerprint density at radius 2 is 2.00 bits per heavy atom. The van der Waals surface area contributed by atoms with Crippen LogP contribution in [0.2, 0.25) is 0 Å². The minimum atomic E-state index is -3.16. The Kier molecular flexibility index (Phi) is 6.61. The van der Waals surface area contributed by atoms with Crippen LogP contribution in [0, 0.1) is 23.0 Å². The number of carbonyl (C=O) groups is 2. The van der Waals surface area contributed by atoms with E-state index in [1.165, 1.54) is 24.9 Å². The predicted octanol–water partition coefficient (Wildman–Crippen LogP) is 1.80. The second-order valence-corrected chi connectivity index (χ2v) is 6.72. The molecule has 0 atom stereocenters. The monoisotopic (exact) mass is 413 g/mol. The van der Waals surface area contributed by atoms with E-state index in [9.17, 15) is 28.5 Å². The van der Waals surface area contributed by atoms with Crippen molar-refractivity contribution in [3.63, 3.8) is 0 Å². The number of hydrogen-bond donors (Lipinski definition) is 2. The standard InChI is InChI=1S/C16H21F2N7O4/c1-8(2)5-19-16(27)14-10(6-20-23(14)4)21-11(26)7-24-9(3)13(25(28)29)12(22-24)15(17)18/h6,8,15H,5,7H2,1-4H3,(H,19,27)(H,21,26). The van der Waals surface area contributed by atoms with E-state index < -0.39 is 41.1 Å². The van der Waals surface area contributed by atoms with E-state index >= 15 is 0 Å². The van der Waals surface area contributed by atoms with Gasteiger partial charge in [0.1, 0.15) is 17.9 Å². The van der Waals surface area contributed by atoms with Crippen molar-refractivity contribution in [3.05, 3.63) is 33.4 Å². The summed E-state index contributed by atoms with van der Waals surface area (Å²) in [7, 11) is 1.52. The molecule has 0 aromatic carbocycles. The number of amides is 2. The molecule has 0 radical (unpaired) electrons. The first kappa shape index (κ1) is 21.9. The highest BCUT2D eigenvalue weighted by Gasteiger charge is 2.31.